The van der Waals surface area contributed by atoms with E-state index in [1.807, 2.05) is 0 Å². The van der Waals surface area contributed by atoms with Gasteiger partial charge in [-0.25, -0.2) is 0 Å². The van der Waals surface area contributed by atoms with Crippen molar-refractivity contribution in [2.24, 2.45) is 0 Å². The van der Waals surface area contributed by atoms with Gasteiger partial charge in [0, 0.05) is 45.6 Å². The second-order valence-electron chi connectivity index (χ2n) is 2.97. The van der Waals surface area contributed by atoms with Gasteiger partial charge < -0.3 is 0 Å². The van der Waals surface area contributed by atoms with Crippen molar-refractivity contribution in [2.75, 3.05) is 24.0 Å². The van der Waals surface area contributed by atoms with Gasteiger partial charge in [0.2, 0.25) is 0 Å². The van der Waals surface area contributed by atoms with Gasteiger partial charge in [-0.3, -0.25) is 8.42 Å². The van der Waals surface area contributed by atoms with Crippen molar-refractivity contribution in [3.63, 3.8) is 0 Å². The molecule has 0 aliphatic heterocycles. The molecule has 0 fully saturated rings. The summed E-state index contributed by atoms with van der Waals surface area (Å²) in [7, 11) is -1.28. The molecule has 0 spiro atoms. The highest BCUT2D eigenvalue weighted by molar-refractivity contribution is 7.84. The van der Waals surface area contributed by atoms with Crippen LogP contribution >= 0.6 is 0 Å². The lowest BCUT2D eigenvalue weighted by Gasteiger charge is -1.98. The minimum absolute atomic E-state index is 0.640. The molecule has 0 N–H and O–H groups in total. The smallest absolute Gasteiger partial charge is 0.0232 e. The molecular weight excluding hydrogens is 192 g/mol. The summed E-state index contributed by atoms with van der Waals surface area (Å²) in [5, 5.41) is 0. The van der Waals surface area contributed by atoms with E-state index in [-0.39, 0.29) is 0 Å². The van der Waals surface area contributed by atoms with Crippen molar-refractivity contribution < 1.29 is 8.42 Å². The zero-order valence-electron chi connectivity index (χ0n) is 7.88. The minimum Gasteiger partial charge on any atom is -0.260 e. The lowest BCUT2D eigenvalue weighted by molar-refractivity contribution is 0.663. The van der Waals surface area contributed by atoms with Gasteiger partial charge in [0.05, 0.1) is 0 Å². The summed E-state index contributed by atoms with van der Waals surface area (Å²) < 4.78 is 21.3. The van der Waals surface area contributed by atoms with E-state index >= 15 is 0 Å². The second-order valence-corrected chi connectivity index (χ2v) is 6.08. The van der Waals surface area contributed by atoms with Gasteiger partial charge in [-0.15, -0.1) is 0 Å². The van der Waals surface area contributed by atoms with Crippen LogP contribution in [0.5, 0.6) is 0 Å². The minimum atomic E-state index is -0.640. The Hall–Kier alpha value is 0.300. The molecule has 0 amide bonds. The molecule has 0 heterocycles. The first-order chi connectivity index (χ1) is 5.63. The second kappa shape index (κ2) is 7.92. The van der Waals surface area contributed by atoms with Crippen molar-refractivity contribution in [3.8, 4) is 0 Å². The Morgan fingerprint density at radius 1 is 0.750 bits per heavy atom. The Kier molecular flexibility index (Phi) is 8.12. The maximum Gasteiger partial charge on any atom is 0.0232 e. The van der Waals surface area contributed by atoms with Crippen LogP contribution in [0.15, 0.2) is 0 Å². The van der Waals surface area contributed by atoms with Crippen LogP contribution in [0.2, 0.25) is 0 Å². The zero-order valence-corrected chi connectivity index (χ0v) is 9.51. The lowest BCUT2D eigenvalue weighted by Crippen LogP contribution is -1.96. The highest BCUT2D eigenvalue weighted by Gasteiger charge is 1.94. The lowest BCUT2D eigenvalue weighted by atomic mass is 10.2. The molecule has 0 aromatic carbocycles. The standard InChI is InChI=1S/C8H18O2S2/c1-11(9)7-5-3-4-6-8-12(2)10/h3-8H2,1-2H3. The van der Waals surface area contributed by atoms with Gasteiger partial charge in [0.15, 0.2) is 0 Å². The van der Waals surface area contributed by atoms with Crippen LogP contribution in [-0.2, 0) is 21.6 Å². The molecule has 2 atom stereocenters. The van der Waals surface area contributed by atoms with Crippen LogP contribution in [0.3, 0.4) is 0 Å². The molecular formula is C8H18O2S2. The third-order valence-electron chi connectivity index (χ3n) is 1.61. The topological polar surface area (TPSA) is 34.1 Å². The van der Waals surface area contributed by atoms with Crippen LogP contribution in [0, 0.1) is 0 Å². The molecule has 2 nitrogen and oxygen atoms in total. The van der Waals surface area contributed by atoms with Crippen LogP contribution < -0.4 is 0 Å². The molecule has 0 saturated carbocycles. The zero-order chi connectivity index (χ0) is 9.40. The molecule has 4 heteroatoms. The van der Waals surface area contributed by atoms with Gasteiger partial charge in [0.25, 0.3) is 0 Å². The molecule has 74 valence electrons. The fourth-order valence-electron chi connectivity index (χ4n) is 0.964. The van der Waals surface area contributed by atoms with Crippen molar-refractivity contribution in [3.05, 3.63) is 0 Å². The van der Waals surface area contributed by atoms with Crippen molar-refractivity contribution in [1.82, 2.24) is 0 Å². The summed E-state index contributed by atoms with van der Waals surface area (Å²) in [6.45, 7) is 0. The number of unbranched alkanes of at least 4 members (excludes halogenated alkanes) is 3. The highest BCUT2D eigenvalue weighted by Crippen LogP contribution is 2.01. The van der Waals surface area contributed by atoms with Crippen LogP contribution in [0.4, 0.5) is 0 Å². The number of rotatable bonds is 7. The average Bonchev–Trinajstić information content (AvgIpc) is 1.95. The summed E-state index contributed by atoms with van der Waals surface area (Å²) in [6.07, 6.45) is 7.80. The molecule has 0 radical (unpaired) electrons. The van der Waals surface area contributed by atoms with Crippen molar-refractivity contribution in [1.29, 1.82) is 0 Å². The first kappa shape index (κ1) is 12.3. The van der Waals surface area contributed by atoms with E-state index in [1.165, 1.54) is 0 Å². The van der Waals surface area contributed by atoms with Crippen molar-refractivity contribution >= 4 is 21.6 Å². The molecule has 0 aliphatic carbocycles. The summed E-state index contributed by atoms with van der Waals surface area (Å²) in [5.41, 5.74) is 0. The van der Waals surface area contributed by atoms with E-state index in [1.54, 1.807) is 12.5 Å². The summed E-state index contributed by atoms with van der Waals surface area (Å²) in [6, 6.07) is 0. The Labute approximate surface area is 80.0 Å². The van der Waals surface area contributed by atoms with Gasteiger partial charge in [0.1, 0.15) is 0 Å². The predicted octanol–water partition coefficient (Wildman–Crippen LogP) is 1.30. The van der Waals surface area contributed by atoms with E-state index < -0.39 is 21.6 Å². The molecule has 0 bridgehead atoms. The average molecular weight is 210 g/mol. The first-order valence-electron chi connectivity index (χ1n) is 4.23. The van der Waals surface area contributed by atoms with Crippen LogP contribution in [0.25, 0.3) is 0 Å². The van der Waals surface area contributed by atoms with Gasteiger partial charge in [-0.2, -0.15) is 0 Å². The van der Waals surface area contributed by atoms with Crippen LogP contribution in [-0.4, -0.2) is 32.4 Å². The van der Waals surface area contributed by atoms with Crippen molar-refractivity contribution in [2.45, 2.75) is 25.7 Å². The van der Waals surface area contributed by atoms with E-state index in [0.29, 0.717) is 0 Å². The Morgan fingerprint density at radius 3 is 1.33 bits per heavy atom. The normalized spacial score (nSPS) is 15.8. The highest BCUT2D eigenvalue weighted by atomic mass is 32.2. The van der Waals surface area contributed by atoms with E-state index in [0.717, 1.165) is 37.2 Å². The Morgan fingerprint density at radius 2 is 1.08 bits per heavy atom. The molecule has 12 heavy (non-hydrogen) atoms. The fourth-order valence-corrected chi connectivity index (χ4v) is 2.19. The quantitative estimate of drug-likeness (QED) is 0.594. The van der Waals surface area contributed by atoms with Crippen LogP contribution in [0.1, 0.15) is 25.7 Å². The Bertz CT molecular complexity index is 139. The molecule has 0 aromatic heterocycles. The van der Waals surface area contributed by atoms with Gasteiger partial charge in [-0.05, 0) is 12.8 Å². The van der Waals surface area contributed by atoms with Gasteiger partial charge in [-0.1, -0.05) is 12.8 Å². The summed E-state index contributed by atoms with van der Waals surface area (Å²) >= 11 is 0. The van der Waals surface area contributed by atoms with Gasteiger partial charge >= 0.3 is 0 Å². The summed E-state index contributed by atoms with van der Waals surface area (Å²) in [4.78, 5) is 0. The maximum atomic E-state index is 10.6. The van der Waals surface area contributed by atoms with E-state index in [4.69, 9.17) is 0 Å². The SMILES string of the molecule is CS(=O)CCCCCCS(C)=O. The molecule has 0 saturated heterocycles. The largest absolute Gasteiger partial charge is 0.260 e. The van der Waals surface area contributed by atoms with E-state index in [9.17, 15) is 8.42 Å². The maximum absolute atomic E-state index is 10.6. The number of hydrogen-bond acceptors (Lipinski definition) is 2. The monoisotopic (exact) mass is 210 g/mol. The molecule has 0 rings (SSSR count). The third kappa shape index (κ3) is 10.3. The number of hydrogen-bond donors (Lipinski definition) is 0. The molecule has 0 aromatic rings. The third-order valence-corrected chi connectivity index (χ3v) is 3.34. The Balaban J connectivity index is 3.01. The fraction of sp³-hybridized carbons (Fsp3) is 1.00. The predicted molar refractivity (Wildman–Crippen MR) is 56.3 cm³/mol. The van der Waals surface area contributed by atoms with E-state index in [2.05, 4.69) is 0 Å². The first-order valence-corrected chi connectivity index (χ1v) is 7.68. The molecule has 2 unspecified atom stereocenters. The molecule has 0 aliphatic rings. The summed E-state index contributed by atoms with van der Waals surface area (Å²) in [5.74, 6) is 1.63.